The van der Waals surface area contributed by atoms with Gasteiger partial charge < -0.3 is 20.4 Å². The molecule has 0 aliphatic rings. The summed E-state index contributed by atoms with van der Waals surface area (Å²) in [6, 6.07) is 0. The van der Waals surface area contributed by atoms with Crippen LogP contribution in [0, 0.1) is 0 Å². The zero-order valence-electron chi connectivity index (χ0n) is 7.78. The topological polar surface area (TPSA) is 132 Å². The Morgan fingerprint density at radius 2 is 1.20 bits per heavy atom. The molecule has 0 aromatic rings. The van der Waals surface area contributed by atoms with Crippen molar-refractivity contribution < 1.29 is 51.9 Å². The van der Waals surface area contributed by atoms with Crippen LogP contribution >= 0.6 is 0 Å². The Bertz CT molecular complexity index is 238. The third-order valence-electron chi connectivity index (χ3n) is 1.29. The second-order valence-corrected chi connectivity index (χ2v) is 2.48. The van der Waals surface area contributed by atoms with E-state index in [-0.39, 0.29) is 68.5 Å². The van der Waals surface area contributed by atoms with Crippen LogP contribution in [0.4, 0.5) is 0 Å². The molecule has 0 aromatic heterocycles. The number of aliphatic hydroxyl groups is 1. The second kappa shape index (κ2) is 8.65. The molecule has 0 aliphatic heterocycles. The maximum absolute atomic E-state index is 10.3. The number of aliphatic carboxylic acids is 3. The van der Waals surface area contributed by atoms with E-state index in [1.807, 2.05) is 0 Å². The predicted octanol–water partition coefficient (Wildman–Crippen LogP) is -1.63. The summed E-state index contributed by atoms with van der Waals surface area (Å²) < 4.78 is 0. The van der Waals surface area contributed by atoms with E-state index < -0.39 is 36.4 Å². The molecule has 0 unspecified atom stereocenters. The van der Waals surface area contributed by atoms with Crippen LogP contribution in [0.3, 0.4) is 0 Å². The number of hydrogen-bond donors (Lipinski definition) is 4. The van der Waals surface area contributed by atoms with Gasteiger partial charge in [-0.3, -0.25) is 9.59 Å². The molecule has 83 valence electrons. The number of hydrogen-bond acceptors (Lipinski definition) is 4. The maximum atomic E-state index is 10.3. The van der Waals surface area contributed by atoms with Crippen molar-refractivity contribution in [2.45, 2.75) is 18.4 Å². The molecule has 9 heteroatoms. The number of rotatable bonds is 5. The summed E-state index contributed by atoms with van der Waals surface area (Å²) in [7, 11) is 0. The molecule has 0 spiro atoms. The van der Waals surface area contributed by atoms with Gasteiger partial charge in [-0.05, 0) is 0 Å². The largest absolute Gasteiger partial charge is 0.481 e. The third kappa shape index (κ3) is 8.35. The molecule has 7 nitrogen and oxygen atoms in total. The molecule has 0 atom stereocenters. The molecular formula is C6H8FeKO7. The fraction of sp³-hybridized carbons (Fsp3) is 0.500. The van der Waals surface area contributed by atoms with Crippen molar-refractivity contribution in [3.63, 3.8) is 0 Å². The maximum Gasteiger partial charge on any atom is 0.336 e. The number of carbonyl (C=O) groups is 3. The monoisotopic (exact) mass is 287 g/mol. The van der Waals surface area contributed by atoms with E-state index >= 15 is 0 Å². The molecule has 0 fully saturated rings. The van der Waals surface area contributed by atoms with Gasteiger partial charge in [0.05, 0.1) is 12.8 Å². The molecule has 4 N–H and O–H groups in total. The van der Waals surface area contributed by atoms with E-state index in [4.69, 9.17) is 20.4 Å². The summed E-state index contributed by atoms with van der Waals surface area (Å²) in [6.07, 6.45) is -2.29. The average molecular weight is 287 g/mol. The molecule has 0 rings (SSSR count). The summed E-state index contributed by atoms with van der Waals surface area (Å²) >= 11 is 0. The van der Waals surface area contributed by atoms with Gasteiger partial charge in [0.25, 0.3) is 0 Å². The summed E-state index contributed by atoms with van der Waals surface area (Å²) in [5.41, 5.74) is -2.74. The van der Waals surface area contributed by atoms with Crippen LogP contribution in [-0.2, 0) is 31.5 Å². The van der Waals surface area contributed by atoms with Crippen LogP contribution in [0.5, 0.6) is 0 Å². The van der Waals surface area contributed by atoms with Gasteiger partial charge >= 0.3 is 17.9 Å². The Kier molecular flexibility index (Phi) is 12.0. The Labute approximate surface area is 138 Å². The summed E-state index contributed by atoms with van der Waals surface area (Å²) in [6.45, 7) is 0. The van der Waals surface area contributed by atoms with Crippen LogP contribution in [0.25, 0.3) is 0 Å². The molecule has 0 heterocycles. The molecule has 15 heavy (non-hydrogen) atoms. The van der Waals surface area contributed by atoms with Crippen LogP contribution in [-0.4, -0.2) is 95.3 Å². The Morgan fingerprint density at radius 3 is 1.33 bits per heavy atom. The normalized spacial score (nSPS) is 9.40. The smallest absolute Gasteiger partial charge is 0.336 e. The Hall–Kier alpha value is 0.526. The van der Waals surface area contributed by atoms with Crippen molar-refractivity contribution in [3.8, 4) is 0 Å². The van der Waals surface area contributed by atoms with Crippen LogP contribution < -0.4 is 0 Å². The van der Waals surface area contributed by atoms with Gasteiger partial charge in [-0.1, -0.05) is 0 Å². The molecule has 0 saturated heterocycles. The van der Waals surface area contributed by atoms with E-state index in [9.17, 15) is 14.4 Å². The molecule has 0 bridgehead atoms. The Balaban J connectivity index is -0.000000720. The van der Waals surface area contributed by atoms with Crippen molar-refractivity contribution in [2.75, 3.05) is 0 Å². The van der Waals surface area contributed by atoms with Crippen molar-refractivity contribution in [3.05, 3.63) is 0 Å². The van der Waals surface area contributed by atoms with Crippen LogP contribution in [0.15, 0.2) is 0 Å². The van der Waals surface area contributed by atoms with E-state index in [1.165, 1.54) is 0 Å². The quantitative estimate of drug-likeness (QED) is 0.446. The fourth-order valence-electron chi connectivity index (χ4n) is 0.714. The first-order valence-electron chi connectivity index (χ1n) is 3.17. The van der Waals surface area contributed by atoms with Gasteiger partial charge in [-0.25, -0.2) is 4.79 Å². The molecule has 0 saturated carbocycles. The molecule has 0 aromatic carbocycles. The van der Waals surface area contributed by atoms with Gasteiger partial charge in [0, 0.05) is 68.5 Å². The van der Waals surface area contributed by atoms with Crippen molar-refractivity contribution in [1.82, 2.24) is 0 Å². The molecule has 0 aliphatic carbocycles. The van der Waals surface area contributed by atoms with Crippen LogP contribution in [0.1, 0.15) is 12.8 Å². The van der Waals surface area contributed by atoms with E-state index in [1.54, 1.807) is 0 Å². The molecule has 1 radical (unpaired) electrons. The summed E-state index contributed by atoms with van der Waals surface area (Å²) in [5.74, 6) is -5.02. The summed E-state index contributed by atoms with van der Waals surface area (Å²) in [5, 5.41) is 33.8. The minimum atomic E-state index is -2.74. The average Bonchev–Trinajstić information content (AvgIpc) is 1.82. The third-order valence-corrected chi connectivity index (χ3v) is 1.29. The van der Waals surface area contributed by atoms with Gasteiger partial charge in [0.1, 0.15) is 0 Å². The zero-order chi connectivity index (χ0) is 10.6. The van der Waals surface area contributed by atoms with E-state index in [0.29, 0.717) is 0 Å². The van der Waals surface area contributed by atoms with Crippen LogP contribution in [0.2, 0.25) is 0 Å². The van der Waals surface area contributed by atoms with Gasteiger partial charge in [-0.2, -0.15) is 0 Å². The fourth-order valence-corrected chi connectivity index (χ4v) is 0.714. The first-order chi connectivity index (χ1) is 5.78. The number of carboxylic acids is 3. The molecular weight excluding hydrogens is 279 g/mol. The van der Waals surface area contributed by atoms with Gasteiger partial charge in [-0.15, -0.1) is 0 Å². The standard InChI is InChI=1S/C6H8O7.Fe.K/c7-3(8)1-6(13,5(11)12)2-4(9)10;;/h13H,1-2H2,(H,7,8)(H,9,10)(H,11,12);;. The van der Waals surface area contributed by atoms with Gasteiger partial charge in [0.2, 0.25) is 0 Å². The minimum Gasteiger partial charge on any atom is -0.481 e. The van der Waals surface area contributed by atoms with Crippen molar-refractivity contribution >= 4 is 69.3 Å². The summed E-state index contributed by atoms with van der Waals surface area (Å²) in [4.78, 5) is 30.5. The van der Waals surface area contributed by atoms with Crippen molar-refractivity contribution in [1.29, 1.82) is 0 Å². The van der Waals surface area contributed by atoms with Gasteiger partial charge in [0.15, 0.2) is 5.60 Å². The first kappa shape index (κ1) is 20.9. The Morgan fingerprint density at radius 1 is 0.933 bits per heavy atom. The zero-order valence-corrected chi connectivity index (χ0v) is 12.0. The predicted molar refractivity (Wildman–Crippen MR) is 42.8 cm³/mol. The SMILES string of the molecule is O=C(O)CC(O)(CC(=O)O)C(=O)O.[Fe].[K]. The van der Waals surface area contributed by atoms with E-state index in [0.717, 1.165) is 0 Å². The first-order valence-corrected chi connectivity index (χ1v) is 3.17. The molecule has 0 amide bonds. The number of carboxylic acid groups (broad SMARTS) is 3. The van der Waals surface area contributed by atoms with Crippen molar-refractivity contribution in [2.24, 2.45) is 0 Å². The minimum absolute atomic E-state index is 0. The van der Waals surface area contributed by atoms with E-state index in [2.05, 4.69) is 0 Å². The second-order valence-electron chi connectivity index (χ2n) is 2.48.